The third kappa shape index (κ3) is 7.25. The van der Waals surface area contributed by atoms with Crippen molar-refractivity contribution in [2.75, 3.05) is 19.5 Å². The zero-order chi connectivity index (χ0) is 40.7. The van der Waals surface area contributed by atoms with Crippen LogP contribution in [0.5, 0.6) is 17.2 Å². The van der Waals surface area contributed by atoms with Crippen molar-refractivity contribution in [1.82, 2.24) is 9.13 Å². The summed E-state index contributed by atoms with van der Waals surface area (Å²) in [6.07, 6.45) is -3.42. The van der Waals surface area contributed by atoms with Gasteiger partial charge in [-0.25, -0.2) is 0 Å². The summed E-state index contributed by atoms with van der Waals surface area (Å²) < 4.78 is 24.8. The number of hydrogen-bond donors (Lipinski definition) is 3. The fraction of sp³-hybridized carbons (Fsp3) is 0.182. The van der Waals surface area contributed by atoms with E-state index >= 15 is 0 Å². The first-order chi connectivity index (χ1) is 28.0. The van der Waals surface area contributed by atoms with Crippen LogP contribution >= 0.6 is 47.8 Å². The molecule has 0 radical (unpaired) electrons. The third-order valence-corrected chi connectivity index (χ3v) is 12.0. The number of anilines is 1. The molecule has 2 aromatic heterocycles. The van der Waals surface area contributed by atoms with Crippen molar-refractivity contribution in [2.45, 2.75) is 37.4 Å². The molecule has 0 amide bonds. The summed E-state index contributed by atoms with van der Waals surface area (Å²) in [6, 6.07) is 38.1. The van der Waals surface area contributed by atoms with E-state index in [0.29, 0.717) is 28.6 Å². The van der Waals surface area contributed by atoms with Crippen LogP contribution in [0, 0.1) is 0 Å². The molecule has 0 aliphatic carbocycles. The van der Waals surface area contributed by atoms with Crippen molar-refractivity contribution in [3.8, 4) is 17.2 Å². The molecule has 3 N–H and O–H groups in total. The van der Waals surface area contributed by atoms with Gasteiger partial charge in [0.2, 0.25) is 5.72 Å². The van der Waals surface area contributed by atoms with E-state index in [1.54, 1.807) is 51.5 Å². The molecule has 4 unspecified atom stereocenters. The van der Waals surface area contributed by atoms with E-state index in [2.05, 4.69) is 63.1 Å². The van der Waals surface area contributed by atoms with Gasteiger partial charge in [-0.3, -0.25) is 4.57 Å². The standard InChI is InChI=1S/C44H37Br3N6O5/c1-25(54)44(58-32-13-11-31(56-2)12-14-32,53-40-16-8-27(46)20-35(40)36-21-28(47)9-17-41(36)53)24-42(55)43(49-29-5-4-6-33(22-29)57-3)52-38-15-7-26(45)19-34(38)37-23-30(50-51-48)10-18-39(37)52/h4-23,25,42-43,49,54-55H,24H2,1-3H3. The van der Waals surface area contributed by atoms with E-state index < -0.39 is 24.1 Å². The maximum absolute atomic E-state index is 13.1. The fourth-order valence-corrected chi connectivity index (χ4v) is 8.98. The largest absolute Gasteiger partial charge is 0.497 e. The van der Waals surface area contributed by atoms with Gasteiger partial charge < -0.3 is 34.3 Å². The molecule has 0 saturated carbocycles. The van der Waals surface area contributed by atoms with Gasteiger partial charge in [0, 0.05) is 63.7 Å². The van der Waals surface area contributed by atoms with Crippen LogP contribution < -0.4 is 19.5 Å². The first-order valence-corrected chi connectivity index (χ1v) is 20.7. The summed E-state index contributed by atoms with van der Waals surface area (Å²) in [5.41, 5.74) is 12.0. The number of azide groups is 1. The predicted octanol–water partition coefficient (Wildman–Crippen LogP) is 12.3. The first kappa shape index (κ1) is 39.6. The van der Waals surface area contributed by atoms with Crippen LogP contribution in [0.25, 0.3) is 54.1 Å². The molecule has 4 atom stereocenters. The van der Waals surface area contributed by atoms with Gasteiger partial charge in [0.05, 0.1) is 42.4 Å². The Bertz CT molecular complexity index is 2810. The van der Waals surface area contributed by atoms with E-state index in [4.69, 9.17) is 14.2 Å². The minimum Gasteiger partial charge on any atom is -0.497 e. The smallest absolute Gasteiger partial charge is 0.215 e. The second-order valence-corrected chi connectivity index (χ2v) is 16.7. The van der Waals surface area contributed by atoms with Gasteiger partial charge in [-0.2, -0.15) is 0 Å². The van der Waals surface area contributed by atoms with Gasteiger partial charge in [-0.1, -0.05) is 65.0 Å². The SMILES string of the molecule is COc1ccc(OC(CC(O)C(Nc2cccc(OC)c2)n2c3ccc(Br)cc3c3cc(N=[N+]=[N-])ccc32)(C(C)O)n2c3ccc(Br)cc3c3cc(Br)ccc32)cc1. The van der Waals surface area contributed by atoms with Gasteiger partial charge in [-0.15, -0.1) is 0 Å². The lowest BCUT2D eigenvalue weighted by atomic mass is 9.96. The predicted molar refractivity (Wildman–Crippen MR) is 240 cm³/mol. The van der Waals surface area contributed by atoms with Crippen molar-refractivity contribution < 1.29 is 24.4 Å². The van der Waals surface area contributed by atoms with Crippen LogP contribution in [0.2, 0.25) is 0 Å². The molecule has 0 aliphatic heterocycles. The molecule has 0 bridgehead atoms. The van der Waals surface area contributed by atoms with Gasteiger partial charge >= 0.3 is 0 Å². The van der Waals surface area contributed by atoms with Crippen LogP contribution in [-0.4, -0.2) is 45.8 Å². The lowest BCUT2D eigenvalue weighted by Crippen LogP contribution is -2.52. The lowest BCUT2D eigenvalue weighted by molar-refractivity contribution is -0.129. The number of fused-ring (bicyclic) bond motifs is 6. The summed E-state index contributed by atoms with van der Waals surface area (Å²) >= 11 is 11.0. The number of nitrogens with one attached hydrogen (secondary N) is 1. The molecule has 14 heteroatoms. The summed E-state index contributed by atoms with van der Waals surface area (Å²) in [5.74, 6) is 1.74. The van der Waals surface area contributed by atoms with Crippen LogP contribution in [0.4, 0.5) is 11.4 Å². The molecular formula is C44H37Br3N6O5. The van der Waals surface area contributed by atoms with Crippen molar-refractivity contribution >= 4 is 103 Å². The summed E-state index contributed by atoms with van der Waals surface area (Å²) in [6.45, 7) is 1.69. The van der Waals surface area contributed by atoms with Gasteiger partial charge in [0.1, 0.15) is 29.5 Å². The number of aromatic nitrogens is 2. The molecule has 0 spiro atoms. The van der Waals surface area contributed by atoms with Crippen molar-refractivity contribution in [1.29, 1.82) is 0 Å². The molecule has 8 aromatic rings. The van der Waals surface area contributed by atoms with Crippen LogP contribution in [0.15, 0.2) is 140 Å². The highest BCUT2D eigenvalue weighted by molar-refractivity contribution is 9.11. The maximum Gasteiger partial charge on any atom is 0.215 e. The Labute approximate surface area is 358 Å². The Kier molecular flexibility index (Phi) is 11.1. The second-order valence-electron chi connectivity index (χ2n) is 14.0. The molecule has 0 aliphatic rings. The first-order valence-electron chi connectivity index (χ1n) is 18.3. The minimum atomic E-state index is -1.61. The van der Waals surface area contributed by atoms with Crippen molar-refractivity contribution in [2.24, 2.45) is 5.11 Å². The highest BCUT2D eigenvalue weighted by atomic mass is 79.9. The topological polar surface area (TPSA) is 139 Å². The number of hydrogen-bond acceptors (Lipinski definition) is 7. The van der Waals surface area contributed by atoms with E-state index in [1.807, 2.05) is 100 Å². The normalized spacial score (nSPS) is 14.2. The van der Waals surface area contributed by atoms with Crippen LogP contribution in [-0.2, 0) is 5.72 Å². The molecule has 6 aromatic carbocycles. The van der Waals surface area contributed by atoms with E-state index in [0.717, 1.165) is 57.0 Å². The van der Waals surface area contributed by atoms with Gasteiger partial charge in [0.15, 0.2) is 0 Å². The molecule has 2 heterocycles. The van der Waals surface area contributed by atoms with Crippen molar-refractivity contribution in [3.63, 3.8) is 0 Å². The average molecular weight is 970 g/mol. The Morgan fingerprint density at radius 2 is 1.22 bits per heavy atom. The van der Waals surface area contributed by atoms with E-state index in [9.17, 15) is 15.7 Å². The van der Waals surface area contributed by atoms with Crippen molar-refractivity contribution in [3.05, 3.63) is 145 Å². The number of ether oxygens (including phenoxy) is 3. The summed E-state index contributed by atoms with van der Waals surface area (Å²) in [7, 11) is 3.20. The van der Waals surface area contributed by atoms with Gasteiger partial charge in [-0.05, 0) is 116 Å². The molecule has 11 nitrogen and oxygen atoms in total. The Morgan fingerprint density at radius 1 is 0.690 bits per heavy atom. The number of halogens is 3. The summed E-state index contributed by atoms with van der Waals surface area (Å²) in [5, 5.41) is 36.5. The highest BCUT2D eigenvalue weighted by Gasteiger charge is 2.46. The summed E-state index contributed by atoms with van der Waals surface area (Å²) in [4.78, 5) is 3.02. The third-order valence-electron chi connectivity index (χ3n) is 10.5. The zero-order valence-electron chi connectivity index (χ0n) is 31.5. The fourth-order valence-electron chi connectivity index (χ4n) is 7.90. The maximum atomic E-state index is 13.1. The molecular weight excluding hydrogens is 932 g/mol. The average Bonchev–Trinajstić information content (AvgIpc) is 3.71. The molecule has 8 rings (SSSR count). The van der Waals surface area contributed by atoms with Gasteiger partial charge in [0.25, 0.3) is 0 Å². The Morgan fingerprint density at radius 3 is 1.79 bits per heavy atom. The number of methoxy groups -OCH3 is 2. The highest BCUT2D eigenvalue weighted by Crippen LogP contribution is 2.44. The lowest BCUT2D eigenvalue weighted by Gasteiger charge is -2.42. The molecule has 0 saturated heterocycles. The minimum absolute atomic E-state index is 0.113. The second kappa shape index (κ2) is 16.2. The number of nitrogens with zero attached hydrogens (tertiary/aromatic N) is 5. The Hall–Kier alpha value is -5.21. The van der Waals surface area contributed by atoms with E-state index in [1.165, 1.54) is 0 Å². The monoisotopic (exact) mass is 966 g/mol. The zero-order valence-corrected chi connectivity index (χ0v) is 36.2. The number of rotatable bonds is 13. The molecule has 294 valence electrons. The number of aliphatic hydroxyl groups is 2. The quantitative estimate of drug-likeness (QED) is 0.0597. The molecule has 58 heavy (non-hydrogen) atoms. The van der Waals surface area contributed by atoms with Crippen LogP contribution in [0.3, 0.4) is 0 Å². The molecule has 0 fully saturated rings. The number of benzene rings is 6. The van der Waals surface area contributed by atoms with Crippen LogP contribution in [0.1, 0.15) is 19.5 Å². The number of aliphatic hydroxyl groups excluding tert-OH is 2. The van der Waals surface area contributed by atoms with E-state index in [-0.39, 0.29) is 6.42 Å². The Balaban J connectivity index is 1.39.